The van der Waals surface area contributed by atoms with E-state index in [0.717, 1.165) is 28.0 Å². The van der Waals surface area contributed by atoms with Gasteiger partial charge in [0.05, 0.1) is 11.1 Å². The summed E-state index contributed by atoms with van der Waals surface area (Å²) in [5.41, 5.74) is 3.95. The SMILES string of the molecule is Cc1cn2ccc(-c3ccnc(N(C)C)c3)c2cc1C(=O)O. The van der Waals surface area contributed by atoms with E-state index < -0.39 is 5.97 Å². The fourth-order valence-electron chi connectivity index (χ4n) is 2.56. The molecule has 22 heavy (non-hydrogen) atoms. The van der Waals surface area contributed by atoms with Crippen molar-refractivity contribution in [1.29, 1.82) is 0 Å². The fraction of sp³-hybridized carbons (Fsp3) is 0.176. The van der Waals surface area contributed by atoms with Crippen LogP contribution in [0.15, 0.2) is 42.9 Å². The van der Waals surface area contributed by atoms with Gasteiger partial charge in [0, 0.05) is 38.2 Å². The number of aromatic nitrogens is 2. The van der Waals surface area contributed by atoms with Crippen LogP contribution < -0.4 is 4.90 Å². The molecule has 0 amide bonds. The summed E-state index contributed by atoms with van der Waals surface area (Å²) >= 11 is 0. The highest BCUT2D eigenvalue weighted by Gasteiger charge is 2.13. The lowest BCUT2D eigenvalue weighted by molar-refractivity contribution is 0.0696. The number of pyridine rings is 2. The molecule has 5 nitrogen and oxygen atoms in total. The molecular weight excluding hydrogens is 278 g/mol. The van der Waals surface area contributed by atoms with E-state index in [0.29, 0.717) is 5.56 Å². The van der Waals surface area contributed by atoms with Gasteiger partial charge in [-0.3, -0.25) is 0 Å². The van der Waals surface area contributed by atoms with Crippen LogP contribution in [0.5, 0.6) is 0 Å². The van der Waals surface area contributed by atoms with Crippen LogP contribution in [-0.2, 0) is 0 Å². The van der Waals surface area contributed by atoms with Crippen LogP contribution in [0.3, 0.4) is 0 Å². The van der Waals surface area contributed by atoms with Crippen LogP contribution >= 0.6 is 0 Å². The Bertz CT molecular complexity index is 865. The van der Waals surface area contributed by atoms with Gasteiger partial charge in [0.25, 0.3) is 0 Å². The zero-order valence-corrected chi connectivity index (χ0v) is 12.7. The maximum atomic E-state index is 11.4. The first-order chi connectivity index (χ1) is 10.5. The van der Waals surface area contributed by atoms with Gasteiger partial charge in [-0.15, -0.1) is 0 Å². The molecule has 0 unspecified atom stereocenters. The molecule has 0 radical (unpaired) electrons. The summed E-state index contributed by atoms with van der Waals surface area (Å²) in [6.45, 7) is 1.80. The van der Waals surface area contributed by atoms with Crippen molar-refractivity contribution in [2.45, 2.75) is 6.92 Å². The predicted octanol–water partition coefficient (Wildman–Crippen LogP) is 3.07. The number of carbonyl (C=O) groups is 1. The number of nitrogens with zero attached hydrogens (tertiary/aromatic N) is 3. The van der Waals surface area contributed by atoms with Crippen LogP contribution in [0, 0.1) is 6.92 Å². The van der Waals surface area contributed by atoms with E-state index in [9.17, 15) is 9.90 Å². The molecule has 0 atom stereocenters. The number of carboxylic acids is 1. The second-order valence-corrected chi connectivity index (χ2v) is 5.49. The van der Waals surface area contributed by atoms with E-state index in [-0.39, 0.29) is 0 Å². The molecule has 0 saturated carbocycles. The van der Waals surface area contributed by atoms with Gasteiger partial charge in [-0.2, -0.15) is 0 Å². The molecule has 5 heteroatoms. The van der Waals surface area contributed by atoms with Crippen LogP contribution in [0.4, 0.5) is 5.82 Å². The molecule has 3 rings (SSSR count). The number of anilines is 1. The van der Waals surface area contributed by atoms with Crippen molar-refractivity contribution >= 4 is 17.3 Å². The standard InChI is InChI=1S/C17H17N3O2/c1-11-10-20-7-5-13(15(20)9-14(11)17(21)22)12-4-6-18-16(8-12)19(2)3/h4-10H,1-3H3,(H,21,22). The molecule has 1 N–H and O–H groups in total. The summed E-state index contributed by atoms with van der Waals surface area (Å²) in [4.78, 5) is 17.6. The monoisotopic (exact) mass is 295 g/mol. The lowest BCUT2D eigenvalue weighted by Gasteiger charge is -2.12. The summed E-state index contributed by atoms with van der Waals surface area (Å²) in [5, 5.41) is 9.32. The molecule has 0 aliphatic rings. The van der Waals surface area contributed by atoms with E-state index in [1.807, 2.05) is 54.0 Å². The smallest absolute Gasteiger partial charge is 0.336 e. The quantitative estimate of drug-likeness (QED) is 0.806. The summed E-state index contributed by atoms with van der Waals surface area (Å²) in [5.74, 6) is -0.0433. The third kappa shape index (κ3) is 2.30. The minimum absolute atomic E-state index is 0.328. The molecule has 112 valence electrons. The van der Waals surface area contributed by atoms with E-state index >= 15 is 0 Å². The van der Waals surface area contributed by atoms with Crippen LogP contribution in [0.1, 0.15) is 15.9 Å². The molecule has 3 aromatic rings. The lowest BCUT2D eigenvalue weighted by Crippen LogP contribution is -2.10. The second-order valence-electron chi connectivity index (χ2n) is 5.49. The maximum absolute atomic E-state index is 11.4. The van der Waals surface area contributed by atoms with Crippen molar-refractivity contribution in [2.75, 3.05) is 19.0 Å². The number of hydrogen-bond acceptors (Lipinski definition) is 3. The zero-order chi connectivity index (χ0) is 15.9. The first-order valence-corrected chi connectivity index (χ1v) is 6.95. The number of fused-ring (bicyclic) bond motifs is 1. The van der Waals surface area contributed by atoms with Crippen molar-refractivity contribution < 1.29 is 9.90 Å². The van der Waals surface area contributed by atoms with E-state index in [2.05, 4.69) is 4.98 Å². The number of aromatic carboxylic acids is 1. The summed E-state index contributed by atoms with van der Waals surface area (Å²) in [6.07, 6.45) is 5.55. The average Bonchev–Trinajstić information content (AvgIpc) is 2.88. The van der Waals surface area contributed by atoms with Crippen LogP contribution in [0.25, 0.3) is 16.6 Å². The van der Waals surface area contributed by atoms with Crippen LogP contribution in [0.2, 0.25) is 0 Å². The van der Waals surface area contributed by atoms with Crippen molar-refractivity contribution in [3.05, 3.63) is 54.0 Å². The Morgan fingerprint density at radius 3 is 2.73 bits per heavy atom. The highest BCUT2D eigenvalue weighted by molar-refractivity contribution is 5.93. The Labute approximate surface area is 128 Å². The number of rotatable bonds is 3. The van der Waals surface area contributed by atoms with Gasteiger partial charge in [-0.25, -0.2) is 9.78 Å². The summed E-state index contributed by atoms with van der Waals surface area (Å²) in [7, 11) is 3.88. The predicted molar refractivity (Wildman–Crippen MR) is 86.7 cm³/mol. The third-order valence-corrected chi connectivity index (χ3v) is 3.74. The Balaban J connectivity index is 2.21. The number of aryl methyl sites for hydroxylation is 1. The molecule has 0 fully saturated rings. The molecule has 0 aromatic carbocycles. The van der Waals surface area contributed by atoms with Crippen molar-refractivity contribution in [3.8, 4) is 11.1 Å². The fourth-order valence-corrected chi connectivity index (χ4v) is 2.56. The van der Waals surface area contributed by atoms with Gasteiger partial charge in [-0.05, 0) is 42.3 Å². The zero-order valence-electron chi connectivity index (χ0n) is 12.7. The first-order valence-electron chi connectivity index (χ1n) is 6.95. The molecular formula is C17H17N3O2. The molecule has 0 aliphatic carbocycles. The van der Waals surface area contributed by atoms with Crippen molar-refractivity contribution in [1.82, 2.24) is 9.38 Å². The molecule has 0 spiro atoms. The van der Waals surface area contributed by atoms with Crippen molar-refractivity contribution in [2.24, 2.45) is 0 Å². The molecule has 0 saturated heterocycles. The number of carboxylic acid groups (broad SMARTS) is 1. The third-order valence-electron chi connectivity index (χ3n) is 3.74. The van der Waals surface area contributed by atoms with Gasteiger partial charge < -0.3 is 14.4 Å². The largest absolute Gasteiger partial charge is 0.478 e. The van der Waals surface area contributed by atoms with Gasteiger partial charge >= 0.3 is 5.97 Å². The molecule has 3 heterocycles. The highest BCUT2D eigenvalue weighted by atomic mass is 16.4. The lowest BCUT2D eigenvalue weighted by atomic mass is 10.1. The Morgan fingerprint density at radius 1 is 1.27 bits per heavy atom. The topological polar surface area (TPSA) is 57.8 Å². The van der Waals surface area contributed by atoms with Crippen LogP contribution in [-0.4, -0.2) is 34.6 Å². The van der Waals surface area contributed by atoms with Gasteiger partial charge in [0.2, 0.25) is 0 Å². The first kappa shape index (κ1) is 14.1. The second kappa shape index (κ2) is 5.18. The molecule has 0 bridgehead atoms. The van der Waals surface area contributed by atoms with Crippen molar-refractivity contribution in [3.63, 3.8) is 0 Å². The average molecular weight is 295 g/mol. The number of hydrogen-bond donors (Lipinski definition) is 1. The maximum Gasteiger partial charge on any atom is 0.336 e. The Hall–Kier alpha value is -2.82. The van der Waals surface area contributed by atoms with Gasteiger partial charge in [0.1, 0.15) is 5.82 Å². The normalized spacial score (nSPS) is 10.9. The summed E-state index contributed by atoms with van der Waals surface area (Å²) in [6, 6.07) is 7.65. The Morgan fingerprint density at radius 2 is 2.05 bits per heavy atom. The summed E-state index contributed by atoms with van der Waals surface area (Å²) < 4.78 is 1.95. The van der Waals surface area contributed by atoms with E-state index in [1.165, 1.54) is 0 Å². The van der Waals surface area contributed by atoms with Gasteiger partial charge in [-0.1, -0.05) is 0 Å². The van der Waals surface area contributed by atoms with E-state index in [4.69, 9.17) is 0 Å². The molecule has 3 aromatic heterocycles. The highest BCUT2D eigenvalue weighted by Crippen LogP contribution is 2.29. The minimum atomic E-state index is -0.907. The van der Waals surface area contributed by atoms with E-state index in [1.54, 1.807) is 19.2 Å². The van der Waals surface area contributed by atoms with Gasteiger partial charge in [0.15, 0.2) is 0 Å². The minimum Gasteiger partial charge on any atom is -0.478 e. The Kier molecular flexibility index (Phi) is 3.33. The molecule has 0 aliphatic heterocycles.